The second-order valence-corrected chi connectivity index (χ2v) is 7.47. The van der Waals surface area contributed by atoms with Gasteiger partial charge in [-0.15, -0.1) is 0 Å². The van der Waals surface area contributed by atoms with E-state index in [2.05, 4.69) is 33.8 Å². The highest BCUT2D eigenvalue weighted by atomic mass is 16.5. The van der Waals surface area contributed by atoms with Crippen molar-refractivity contribution in [1.29, 1.82) is 0 Å². The van der Waals surface area contributed by atoms with Gasteiger partial charge in [-0.2, -0.15) is 0 Å². The van der Waals surface area contributed by atoms with Gasteiger partial charge in [0.05, 0.1) is 12.6 Å². The van der Waals surface area contributed by atoms with Crippen LogP contribution in [-0.2, 0) is 6.42 Å². The van der Waals surface area contributed by atoms with Crippen molar-refractivity contribution in [3.05, 3.63) is 65.6 Å². The van der Waals surface area contributed by atoms with Gasteiger partial charge in [0, 0.05) is 56.6 Å². The number of β-amino-alcohol motifs (C(OH)–C–C–N with tert-alkyl or cyclic N) is 1. The molecule has 1 aromatic carbocycles. The van der Waals surface area contributed by atoms with E-state index in [0.29, 0.717) is 18.8 Å². The van der Waals surface area contributed by atoms with E-state index in [1.54, 1.807) is 6.20 Å². The number of likely N-dealkylation sites (tertiary alicyclic amines) is 1. The zero-order valence-corrected chi connectivity index (χ0v) is 17.6. The van der Waals surface area contributed by atoms with Crippen LogP contribution in [0.2, 0.25) is 0 Å². The topological polar surface area (TPSA) is 103 Å². The van der Waals surface area contributed by atoms with Crippen LogP contribution in [0.1, 0.15) is 35.8 Å². The molecule has 0 amide bonds. The highest BCUT2D eigenvalue weighted by molar-refractivity contribution is 5.42. The van der Waals surface area contributed by atoms with Gasteiger partial charge in [-0.25, -0.2) is 4.98 Å². The van der Waals surface area contributed by atoms with Crippen LogP contribution in [0.4, 0.5) is 0 Å². The summed E-state index contributed by atoms with van der Waals surface area (Å²) in [6.07, 6.45) is 4.67. The number of ether oxygens (including phenoxy) is 1. The summed E-state index contributed by atoms with van der Waals surface area (Å²) in [5, 5.41) is 13.1. The lowest BCUT2D eigenvalue weighted by atomic mass is 10.1. The van der Waals surface area contributed by atoms with Crippen LogP contribution in [0, 0.1) is 11.8 Å². The fourth-order valence-corrected chi connectivity index (χ4v) is 3.65. The van der Waals surface area contributed by atoms with Gasteiger partial charge in [0.15, 0.2) is 0 Å². The average Bonchev–Trinajstić information content (AvgIpc) is 3.42. The Hall–Kier alpha value is -3.12. The van der Waals surface area contributed by atoms with Gasteiger partial charge in [0.1, 0.15) is 23.4 Å². The molecule has 4 rings (SSSR count). The molecule has 0 radical (unpaired) electrons. The molecule has 0 saturated carbocycles. The summed E-state index contributed by atoms with van der Waals surface area (Å²) in [6, 6.07) is 9.38. The second kappa shape index (κ2) is 9.79. The Morgan fingerprint density at radius 1 is 1.29 bits per heavy atom. The predicted molar refractivity (Wildman–Crippen MR) is 116 cm³/mol. The minimum Gasteiger partial charge on any atom is -0.488 e. The van der Waals surface area contributed by atoms with E-state index in [9.17, 15) is 0 Å². The highest BCUT2D eigenvalue weighted by Crippen LogP contribution is 2.20. The quantitative estimate of drug-likeness (QED) is 0.531. The summed E-state index contributed by atoms with van der Waals surface area (Å²) >= 11 is 0. The SMILES string of the molecule is CCc1nccn1C(CN)c1cc(C#Cc2ccc(OC3CN(CCO)C3)cc2)on1. The third-order valence-corrected chi connectivity index (χ3v) is 5.32. The maximum Gasteiger partial charge on any atom is 0.210 e. The smallest absolute Gasteiger partial charge is 0.210 e. The maximum atomic E-state index is 8.93. The third-order valence-electron chi connectivity index (χ3n) is 5.32. The number of aromatic nitrogens is 3. The number of aliphatic hydroxyl groups is 1. The lowest BCUT2D eigenvalue weighted by Crippen LogP contribution is -2.54. The van der Waals surface area contributed by atoms with Crippen molar-refractivity contribution in [2.45, 2.75) is 25.5 Å². The summed E-state index contributed by atoms with van der Waals surface area (Å²) in [6.45, 7) is 5.02. The van der Waals surface area contributed by atoms with E-state index in [0.717, 1.165) is 42.3 Å². The van der Waals surface area contributed by atoms with Crippen LogP contribution >= 0.6 is 0 Å². The molecule has 3 N–H and O–H groups in total. The van der Waals surface area contributed by atoms with Gasteiger partial charge < -0.3 is 24.7 Å². The number of hydrogen-bond donors (Lipinski definition) is 2. The Kier molecular flexibility index (Phi) is 6.67. The Bertz CT molecular complexity index is 1040. The molecule has 1 atom stereocenters. The van der Waals surface area contributed by atoms with Crippen molar-refractivity contribution in [1.82, 2.24) is 19.6 Å². The molecule has 0 aliphatic carbocycles. The minimum absolute atomic E-state index is 0.131. The lowest BCUT2D eigenvalue weighted by Gasteiger charge is -2.38. The van der Waals surface area contributed by atoms with Crippen LogP contribution in [0.5, 0.6) is 5.75 Å². The largest absolute Gasteiger partial charge is 0.488 e. The Labute approximate surface area is 181 Å². The molecule has 31 heavy (non-hydrogen) atoms. The number of rotatable bonds is 8. The monoisotopic (exact) mass is 421 g/mol. The molecule has 2 aromatic heterocycles. The number of aryl methyl sites for hydroxylation is 1. The third kappa shape index (κ3) is 4.97. The summed E-state index contributed by atoms with van der Waals surface area (Å²) in [7, 11) is 0. The van der Waals surface area contributed by atoms with Gasteiger partial charge in [-0.05, 0) is 30.2 Å². The second-order valence-electron chi connectivity index (χ2n) is 7.47. The van der Waals surface area contributed by atoms with E-state index in [1.807, 2.05) is 41.1 Å². The zero-order chi connectivity index (χ0) is 21.6. The maximum absolute atomic E-state index is 8.93. The number of nitrogens with zero attached hydrogens (tertiary/aromatic N) is 4. The molecule has 0 spiro atoms. The van der Waals surface area contributed by atoms with Gasteiger partial charge in [0.25, 0.3) is 0 Å². The van der Waals surface area contributed by atoms with Crippen molar-refractivity contribution in [2.24, 2.45) is 5.73 Å². The first-order valence-corrected chi connectivity index (χ1v) is 10.5. The summed E-state index contributed by atoms with van der Waals surface area (Å²) in [5.41, 5.74) is 7.58. The molecule has 8 heteroatoms. The number of benzene rings is 1. The zero-order valence-electron chi connectivity index (χ0n) is 17.6. The van der Waals surface area contributed by atoms with Crippen LogP contribution in [0.3, 0.4) is 0 Å². The van der Waals surface area contributed by atoms with Crippen molar-refractivity contribution >= 4 is 0 Å². The summed E-state index contributed by atoms with van der Waals surface area (Å²) in [5.74, 6) is 8.38. The molecule has 162 valence electrons. The van der Waals surface area contributed by atoms with Crippen molar-refractivity contribution < 1.29 is 14.4 Å². The Balaban J connectivity index is 1.37. The first-order valence-electron chi connectivity index (χ1n) is 10.5. The van der Waals surface area contributed by atoms with E-state index in [-0.39, 0.29) is 18.8 Å². The molecule has 1 unspecified atom stereocenters. The molecular formula is C23H27N5O3. The molecule has 1 aliphatic rings. The number of aliphatic hydroxyl groups excluding tert-OH is 1. The van der Waals surface area contributed by atoms with E-state index in [1.165, 1.54) is 0 Å². The highest BCUT2D eigenvalue weighted by Gasteiger charge is 2.27. The Morgan fingerprint density at radius 3 is 2.81 bits per heavy atom. The molecule has 3 heterocycles. The van der Waals surface area contributed by atoms with Gasteiger partial charge in [0.2, 0.25) is 5.76 Å². The molecule has 1 saturated heterocycles. The molecule has 3 aromatic rings. The Morgan fingerprint density at radius 2 is 2.10 bits per heavy atom. The van der Waals surface area contributed by atoms with Crippen molar-refractivity contribution in [3.8, 4) is 17.6 Å². The molecule has 0 bridgehead atoms. The average molecular weight is 422 g/mol. The van der Waals surface area contributed by atoms with Gasteiger partial charge in [-0.1, -0.05) is 18.0 Å². The predicted octanol–water partition coefficient (Wildman–Crippen LogP) is 1.44. The normalized spacial score (nSPS) is 15.2. The van der Waals surface area contributed by atoms with Crippen molar-refractivity contribution in [3.63, 3.8) is 0 Å². The lowest BCUT2D eigenvalue weighted by molar-refractivity contribution is 0.0107. The standard InChI is InChI=1S/C23H27N5O3/c1-2-23-25-9-10-28(23)22(14-24)21-13-19(31-26-21)8-5-17-3-6-18(7-4-17)30-20-15-27(16-20)11-12-29/h3-4,6-7,9-10,13,20,22,29H,2,11-12,14-16,24H2,1H3. The molecular weight excluding hydrogens is 394 g/mol. The molecule has 8 nitrogen and oxygen atoms in total. The number of hydrogen-bond acceptors (Lipinski definition) is 7. The summed E-state index contributed by atoms with van der Waals surface area (Å²) in [4.78, 5) is 6.51. The van der Waals surface area contributed by atoms with Crippen molar-refractivity contribution in [2.75, 3.05) is 32.8 Å². The molecule has 1 aliphatic heterocycles. The van der Waals surface area contributed by atoms with Gasteiger partial charge >= 0.3 is 0 Å². The summed E-state index contributed by atoms with van der Waals surface area (Å²) < 4.78 is 13.4. The fourth-order valence-electron chi connectivity index (χ4n) is 3.65. The first kappa shape index (κ1) is 21.1. The van der Waals surface area contributed by atoms with Crippen LogP contribution in [-0.4, -0.2) is 63.6 Å². The van der Waals surface area contributed by atoms with Gasteiger partial charge in [-0.3, -0.25) is 4.90 Å². The van der Waals surface area contributed by atoms with Crippen LogP contribution < -0.4 is 10.5 Å². The number of nitrogens with two attached hydrogens (primary N) is 1. The molecule has 1 fully saturated rings. The van der Waals surface area contributed by atoms with E-state index < -0.39 is 0 Å². The van der Waals surface area contributed by atoms with E-state index in [4.69, 9.17) is 20.1 Å². The van der Waals surface area contributed by atoms with E-state index >= 15 is 0 Å². The van der Waals surface area contributed by atoms with Crippen LogP contribution in [0.25, 0.3) is 0 Å². The fraction of sp³-hybridized carbons (Fsp3) is 0.391. The van der Waals surface area contributed by atoms with Crippen LogP contribution in [0.15, 0.2) is 47.2 Å². The minimum atomic E-state index is -0.131. The number of imidazole rings is 1. The first-order chi connectivity index (χ1) is 15.2.